The summed E-state index contributed by atoms with van der Waals surface area (Å²) in [5.41, 5.74) is 0. The van der Waals surface area contributed by atoms with Gasteiger partial charge in [0.2, 0.25) is 0 Å². The smallest absolute Gasteiger partial charge is 0.264 e. The van der Waals surface area contributed by atoms with Crippen molar-refractivity contribution >= 4 is 10.4 Å². The van der Waals surface area contributed by atoms with Gasteiger partial charge in [-0.1, -0.05) is 58.8 Å². The molecule has 17 heavy (non-hydrogen) atoms. The third kappa shape index (κ3) is 15.9. The van der Waals surface area contributed by atoms with Crippen molar-refractivity contribution in [2.45, 2.75) is 65.2 Å². The van der Waals surface area contributed by atoms with E-state index in [1.165, 1.54) is 32.1 Å². The van der Waals surface area contributed by atoms with Crippen LogP contribution in [-0.4, -0.2) is 19.6 Å². The highest BCUT2D eigenvalue weighted by Gasteiger charge is 2.02. The van der Waals surface area contributed by atoms with Crippen molar-refractivity contribution < 1.29 is 17.2 Å². The van der Waals surface area contributed by atoms with E-state index in [2.05, 4.69) is 18.0 Å². The molecule has 0 aromatic carbocycles. The second-order valence-corrected chi connectivity index (χ2v) is 6.00. The largest absolute Gasteiger partial charge is 0.397 e. The lowest BCUT2D eigenvalue weighted by Crippen LogP contribution is -2.04. The molecule has 0 aromatic heterocycles. The Morgan fingerprint density at radius 1 is 0.941 bits per heavy atom. The predicted molar refractivity (Wildman–Crippen MR) is 69.3 cm³/mol. The van der Waals surface area contributed by atoms with Crippen molar-refractivity contribution in [2.75, 3.05) is 6.61 Å². The standard InChI is InChI=1S/C12H26O4S/c1-12(2)10-8-6-4-3-5-7-9-11-16-17(13,14)15/h12H,3-11H2,1-2H3,(H,13,14,15). The van der Waals surface area contributed by atoms with Crippen molar-refractivity contribution in [3.63, 3.8) is 0 Å². The van der Waals surface area contributed by atoms with E-state index in [4.69, 9.17) is 4.55 Å². The zero-order chi connectivity index (χ0) is 13.1. The van der Waals surface area contributed by atoms with Gasteiger partial charge in [0.05, 0.1) is 6.61 Å². The molecule has 0 amide bonds. The minimum atomic E-state index is -4.24. The molecule has 0 spiro atoms. The fourth-order valence-electron chi connectivity index (χ4n) is 1.70. The van der Waals surface area contributed by atoms with Crippen LogP contribution >= 0.6 is 0 Å². The van der Waals surface area contributed by atoms with Crippen LogP contribution in [0, 0.1) is 5.92 Å². The molecule has 0 fully saturated rings. The second-order valence-electron chi connectivity index (χ2n) is 4.91. The van der Waals surface area contributed by atoms with Gasteiger partial charge in [0.1, 0.15) is 0 Å². The van der Waals surface area contributed by atoms with Gasteiger partial charge in [0, 0.05) is 0 Å². The van der Waals surface area contributed by atoms with Crippen LogP contribution in [0.1, 0.15) is 65.2 Å². The Balaban J connectivity index is 3.09. The minimum Gasteiger partial charge on any atom is -0.264 e. The zero-order valence-electron chi connectivity index (χ0n) is 11.0. The highest BCUT2D eigenvalue weighted by atomic mass is 32.3. The summed E-state index contributed by atoms with van der Waals surface area (Å²) in [6.45, 7) is 4.58. The lowest BCUT2D eigenvalue weighted by atomic mass is 10.0. The monoisotopic (exact) mass is 266 g/mol. The van der Waals surface area contributed by atoms with Gasteiger partial charge in [-0.05, 0) is 12.3 Å². The van der Waals surface area contributed by atoms with E-state index < -0.39 is 10.4 Å². The maximum atomic E-state index is 10.2. The summed E-state index contributed by atoms with van der Waals surface area (Å²) in [5, 5.41) is 0. The molecule has 0 rings (SSSR count). The summed E-state index contributed by atoms with van der Waals surface area (Å²) >= 11 is 0. The summed E-state index contributed by atoms with van der Waals surface area (Å²) in [6, 6.07) is 0. The fraction of sp³-hybridized carbons (Fsp3) is 1.00. The summed E-state index contributed by atoms with van der Waals surface area (Å²) in [7, 11) is -4.24. The number of unbranched alkanes of at least 4 members (excludes halogenated alkanes) is 6. The first-order valence-electron chi connectivity index (χ1n) is 6.53. The van der Waals surface area contributed by atoms with Crippen LogP contribution < -0.4 is 0 Å². The van der Waals surface area contributed by atoms with E-state index >= 15 is 0 Å². The normalized spacial score (nSPS) is 12.2. The van der Waals surface area contributed by atoms with Crippen LogP contribution in [0.2, 0.25) is 0 Å². The van der Waals surface area contributed by atoms with Crippen LogP contribution in [0.25, 0.3) is 0 Å². The third-order valence-electron chi connectivity index (χ3n) is 2.66. The lowest BCUT2D eigenvalue weighted by molar-refractivity contribution is 0.261. The van der Waals surface area contributed by atoms with Crippen molar-refractivity contribution in [2.24, 2.45) is 5.92 Å². The maximum Gasteiger partial charge on any atom is 0.397 e. The Hall–Kier alpha value is -0.130. The minimum absolute atomic E-state index is 0.0895. The molecule has 1 N–H and O–H groups in total. The van der Waals surface area contributed by atoms with E-state index in [9.17, 15) is 8.42 Å². The fourth-order valence-corrected chi connectivity index (χ4v) is 2.03. The number of hydrogen-bond acceptors (Lipinski definition) is 3. The lowest BCUT2D eigenvalue weighted by Gasteiger charge is -2.04. The summed E-state index contributed by atoms with van der Waals surface area (Å²) in [5.74, 6) is 0.799. The maximum absolute atomic E-state index is 10.2. The molecule has 0 unspecified atom stereocenters. The molecule has 0 aromatic rings. The molecule has 0 heterocycles. The molecule has 0 atom stereocenters. The van der Waals surface area contributed by atoms with Crippen LogP contribution in [0.5, 0.6) is 0 Å². The van der Waals surface area contributed by atoms with Crippen LogP contribution in [0.3, 0.4) is 0 Å². The molecule has 4 nitrogen and oxygen atoms in total. The zero-order valence-corrected chi connectivity index (χ0v) is 11.8. The van der Waals surface area contributed by atoms with E-state index in [-0.39, 0.29) is 6.61 Å². The van der Waals surface area contributed by atoms with Crippen molar-refractivity contribution in [1.82, 2.24) is 0 Å². The Bertz CT molecular complexity index is 260. The van der Waals surface area contributed by atoms with E-state index in [0.717, 1.165) is 18.8 Å². The molecule has 0 bridgehead atoms. The molecule has 0 aliphatic carbocycles. The average Bonchev–Trinajstić information content (AvgIpc) is 2.18. The summed E-state index contributed by atoms with van der Waals surface area (Å²) in [4.78, 5) is 0. The first kappa shape index (κ1) is 16.9. The SMILES string of the molecule is CC(C)CCCCCCCCCOS(=O)(=O)O. The van der Waals surface area contributed by atoms with Crippen molar-refractivity contribution in [3.8, 4) is 0 Å². The Labute approximate surface area is 106 Å². The first-order valence-corrected chi connectivity index (χ1v) is 7.90. The highest BCUT2D eigenvalue weighted by Crippen LogP contribution is 2.12. The molecule has 0 saturated carbocycles. The van der Waals surface area contributed by atoms with E-state index in [1.54, 1.807) is 0 Å². The Morgan fingerprint density at radius 3 is 1.88 bits per heavy atom. The molecule has 5 heteroatoms. The molecular weight excluding hydrogens is 240 g/mol. The molecular formula is C12H26O4S. The number of rotatable bonds is 11. The van der Waals surface area contributed by atoms with Gasteiger partial charge in [-0.15, -0.1) is 0 Å². The Kier molecular flexibility index (Phi) is 9.78. The van der Waals surface area contributed by atoms with Gasteiger partial charge in [0.15, 0.2) is 0 Å². The van der Waals surface area contributed by atoms with Crippen molar-refractivity contribution in [1.29, 1.82) is 0 Å². The number of hydrogen-bond donors (Lipinski definition) is 1. The highest BCUT2D eigenvalue weighted by molar-refractivity contribution is 7.80. The van der Waals surface area contributed by atoms with E-state index in [1.807, 2.05) is 0 Å². The van der Waals surface area contributed by atoms with Gasteiger partial charge in [-0.2, -0.15) is 8.42 Å². The second kappa shape index (κ2) is 9.85. The van der Waals surface area contributed by atoms with Crippen LogP contribution in [0.15, 0.2) is 0 Å². The predicted octanol–water partition coefficient (Wildman–Crippen LogP) is 3.58. The molecule has 0 saturated heterocycles. The average molecular weight is 266 g/mol. The topological polar surface area (TPSA) is 63.6 Å². The van der Waals surface area contributed by atoms with Gasteiger partial charge >= 0.3 is 10.4 Å². The van der Waals surface area contributed by atoms with Crippen LogP contribution in [-0.2, 0) is 14.6 Å². The molecule has 0 radical (unpaired) electrons. The van der Waals surface area contributed by atoms with Gasteiger partial charge in [0.25, 0.3) is 0 Å². The molecule has 104 valence electrons. The summed E-state index contributed by atoms with van der Waals surface area (Å²) < 4.78 is 33.0. The quantitative estimate of drug-likeness (QED) is 0.458. The third-order valence-corrected chi connectivity index (χ3v) is 3.12. The van der Waals surface area contributed by atoms with Gasteiger partial charge < -0.3 is 0 Å². The summed E-state index contributed by atoms with van der Waals surface area (Å²) in [6.07, 6.45) is 9.11. The van der Waals surface area contributed by atoms with E-state index in [0.29, 0.717) is 6.42 Å². The van der Waals surface area contributed by atoms with Crippen LogP contribution in [0.4, 0.5) is 0 Å². The molecule has 0 aliphatic rings. The first-order chi connectivity index (χ1) is 7.92. The van der Waals surface area contributed by atoms with Gasteiger partial charge in [-0.3, -0.25) is 4.55 Å². The molecule has 0 aliphatic heterocycles. The Morgan fingerprint density at radius 2 is 1.41 bits per heavy atom. The van der Waals surface area contributed by atoms with Gasteiger partial charge in [-0.25, -0.2) is 4.18 Å². The van der Waals surface area contributed by atoms with Crippen molar-refractivity contribution in [3.05, 3.63) is 0 Å².